The first-order valence-corrected chi connectivity index (χ1v) is 10.7. The van der Waals surface area contributed by atoms with Gasteiger partial charge in [-0.25, -0.2) is 9.50 Å². The Labute approximate surface area is 181 Å². The van der Waals surface area contributed by atoms with Crippen LogP contribution in [-0.4, -0.2) is 45.5 Å². The van der Waals surface area contributed by atoms with Crippen molar-refractivity contribution in [2.45, 2.75) is 19.4 Å². The van der Waals surface area contributed by atoms with Gasteiger partial charge in [-0.3, -0.25) is 4.79 Å². The lowest BCUT2D eigenvalue weighted by molar-refractivity contribution is 0.0787. The van der Waals surface area contributed by atoms with Crippen LogP contribution in [0.2, 0.25) is 0 Å². The smallest absolute Gasteiger partial charge is 0.259 e. The largest absolute Gasteiger partial charge is 0.371 e. The van der Waals surface area contributed by atoms with Crippen LogP contribution in [0.1, 0.15) is 28.8 Å². The number of hydrogen-bond acceptors (Lipinski definition) is 4. The van der Waals surface area contributed by atoms with Gasteiger partial charge in [0.1, 0.15) is 5.56 Å². The Morgan fingerprint density at radius 3 is 2.55 bits per heavy atom. The molecule has 2 aromatic heterocycles. The van der Waals surface area contributed by atoms with E-state index in [1.54, 1.807) is 21.8 Å². The molecule has 2 aromatic carbocycles. The molecule has 0 spiro atoms. The number of carbonyl (C=O) groups is 1. The highest BCUT2D eigenvalue weighted by Crippen LogP contribution is 2.26. The third-order valence-corrected chi connectivity index (χ3v) is 5.89. The van der Waals surface area contributed by atoms with Crippen molar-refractivity contribution in [2.75, 3.05) is 25.0 Å². The van der Waals surface area contributed by atoms with Gasteiger partial charge in [-0.1, -0.05) is 48.5 Å². The molecule has 0 N–H and O–H groups in total. The number of para-hydroxylation sites is 1. The van der Waals surface area contributed by atoms with Gasteiger partial charge >= 0.3 is 0 Å². The van der Waals surface area contributed by atoms with E-state index in [-0.39, 0.29) is 5.91 Å². The summed E-state index contributed by atoms with van der Waals surface area (Å²) in [5, 5.41) is 4.48. The molecule has 0 radical (unpaired) electrons. The fourth-order valence-corrected chi connectivity index (χ4v) is 4.31. The average molecular weight is 412 g/mol. The van der Waals surface area contributed by atoms with Crippen LogP contribution < -0.4 is 4.90 Å². The number of anilines is 1. The molecule has 0 aliphatic carbocycles. The maximum absolute atomic E-state index is 13.3. The summed E-state index contributed by atoms with van der Waals surface area (Å²) in [5.74, 6) is -0.0797. The minimum atomic E-state index is -0.0797. The second-order valence-corrected chi connectivity index (χ2v) is 7.97. The molecule has 1 amide bonds. The second kappa shape index (κ2) is 8.22. The molecule has 0 atom stereocenters. The molecule has 156 valence electrons. The van der Waals surface area contributed by atoms with E-state index in [9.17, 15) is 4.79 Å². The van der Waals surface area contributed by atoms with Crippen molar-refractivity contribution in [2.24, 2.45) is 0 Å². The van der Waals surface area contributed by atoms with Crippen LogP contribution in [0.4, 0.5) is 5.69 Å². The Morgan fingerprint density at radius 2 is 1.74 bits per heavy atom. The van der Waals surface area contributed by atoms with E-state index in [0.717, 1.165) is 29.9 Å². The first kappa shape index (κ1) is 19.3. The van der Waals surface area contributed by atoms with Crippen molar-refractivity contribution in [3.05, 3.63) is 84.2 Å². The van der Waals surface area contributed by atoms with Gasteiger partial charge in [0, 0.05) is 44.1 Å². The SMILES string of the molecule is CN(Cc1ccccc1N1CCCC1)C(=O)c1cnn2c(-c3ccccc3)ccnc12. The van der Waals surface area contributed by atoms with Gasteiger partial charge in [0.25, 0.3) is 5.91 Å². The summed E-state index contributed by atoms with van der Waals surface area (Å²) in [5.41, 5.74) is 5.42. The lowest BCUT2D eigenvalue weighted by atomic mass is 10.1. The highest BCUT2D eigenvalue weighted by Gasteiger charge is 2.22. The predicted molar refractivity (Wildman–Crippen MR) is 122 cm³/mol. The van der Waals surface area contributed by atoms with Gasteiger partial charge in [0.2, 0.25) is 0 Å². The Morgan fingerprint density at radius 1 is 1.00 bits per heavy atom. The van der Waals surface area contributed by atoms with Crippen LogP contribution in [0, 0.1) is 0 Å². The summed E-state index contributed by atoms with van der Waals surface area (Å²) < 4.78 is 1.74. The van der Waals surface area contributed by atoms with Crippen LogP contribution >= 0.6 is 0 Å². The third-order valence-electron chi connectivity index (χ3n) is 5.89. The van der Waals surface area contributed by atoms with E-state index >= 15 is 0 Å². The maximum atomic E-state index is 13.3. The number of amides is 1. The molecule has 6 heteroatoms. The Kier molecular flexibility index (Phi) is 5.12. The normalized spacial score (nSPS) is 13.6. The van der Waals surface area contributed by atoms with Crippen LogP contribution in [0.3, 0.4) is 0 Å². The molecule has 4 aromatic rings. The lowest BCUT2D eigenvalue weighted by Crippen LogP contribution is -2.28. The molecule has 31 heavy (non-hydrogen) atoms. The summed E-state index contributed by atoms with van der Waals surface area (Å²) in [7, 11) is 1.84. The summed E-state index contributed by atoms with van der Waals surface area (Å²) in [6.45, 7) is 2.70. The molecule has 1 aliphatic heterocycles. The number of carbonyl (C=O) groups excluding carboxylic acids is 1. The quantitative estimate of drug-likeness (QED) is 0.492. The van der Waals surface area contributed by atoms with Gasteiger partial charge in [-0.05, 0) is 30.5 Å². The summed E-state index contributed by atoms with van der Waals surface area (Å²) in [6.07, 6.45) is 5.81. The van der Waals surface area contributed by atoms with E-state index in [1.165, 1.54) is 18.5 Å². The van der Waals surface area contributed by atoms with E-state index in [4.69, 9.17) is 0 Å². The fraction of sp³-hybridized carbons (Fsp3) is 0.240. The number of fused-ring (bicyclic) bond motifs is 1. The zero-order chi connectivity index (χ0) is 21.2. The summed E-state index contributed by atoms with van der Waals surface area (Å²) in [6, 6.07) is 20.3. The highest BCUT2D eigenvalue weighted by atomic mass is 16.2. The minimum absolute atomic E-state index is 0.0797. The van der Waals surface area contributed by atoms with Gasteiger partial charge in [-0.15, -0.1) is 0 Å². The van der Waals surface area contributed by atoms with E-state index < -0.39 is 0 Å². The molecule has 1 aliphatic rings. The zero-order valence-electron chi connectivity index (χ0n) is 17.6. The molecule has 6 nitrogen and oxygen atoms in total. The molecule has 1 saturated heterocycles. The number of benzene rings is 2. The zero-order valence-corrected chi connectivity index (χ0v) is 17.6. The van der Waals surface area contributed by atoms with E-state index in [2.05, 4.69) is 33.2 Å². The Hall–Kier alpha value is -3.67. The summed E-state index contributed by atoms with van der Waals surface area (Å²) >= 11 is 0. The van der Waals surface area contributed by atoms with Crippen molar-refractivity contribution in [3.63, 3.8) is 0 Å². The summed E-state index contributed by atoms with van der Waals surface area (Å²) in [4.78, 5) is 22.0. The molecule has 0 saturated carbocycles. The van der Waals surface area contributed by atoms with Crippen molar-refractivity contribution >= 4 is 17.2 Å². The average Bonchev–Trinajstić information content (AvgIpc) is 3.50. The number of rotatable bonds is 5. The van der Waals surface area contributed by atoms with Crippen LogP contribution in [0.25, 0.3) is 16.9 Å². The van der Waals surface area contributed by atoms with Gasteiger partial charge in [0.05, 0.1) is 11.9 Å². The Bertz CT molecular complexity index is 1210. The van der Waals surface area contributed by atoms with Gasteiger partial charge in [-0.2, -0.15) is 5.10 Å². The Balaban J connectivity index is 1.43. The topological polar surface area (TPSA) is 53.7 Å². The fourth-order valence-electron chi connectivity index (χ4n) is 4.31. The van der Waals surface area contributed by atoms with Gasteiger partial charge < -0.3 is 9.80 Å². The van der Waals surface area contributed by atoms with Crippen LogP contribution in [0.5, 0.6) is 0 Å². The monoisotopic (exact) mass is 411 g/mol. The number of nitrogens with zero attached hydrogens (tertiary/aromatic N) is 5. The van der Waals surface area contributed by atoms with Crippen LogP contribution in [-0.2, 0) is 6.54 Å². The van der Waals surface area contributed by atoms with Crippen molar-refractivity contribution in [3.8, 4) is 11.3 Å². The van der Waals surface area contributed by atoms with E-state index in [1.807, 2.05) is 49.5 Å². The van der Waals surface area contributed by atoms with E-state index in [0.29, 0.717) is 17.8 Å². The second-order valence-electron chi connectivity index (χ2n) is 7.97. The number of hydrogen-bond donors (Lipinski definition) is 0. The number of aromatic nitrogens is 3. The van der Waals surface area contributed by atoms with Crippen molar-refractivity contribution in [1.82, 2.24) is 19.5 Å². The molecule has 3 heterocycles. The standard InChI is InChI=1S/C25H25N5O/c1-28(18-20-11-5-6-12-22(20)29-15-7-8-16-29)25(31)21-17-27-30-23(13-14-26-24(21)30)19-9-3-2-4-10-19/h2-6,9-14,17H,7-8,15-16,18H2,1H3. The van der Waals surface area contributed by atoms with Gasteiger partial charge in [0.15, 0.2) is 5.65 Å². The van der Waals surface area contributed by atoms with Crippen LogP contribution in [0.15, 0.2) is 73.1 Å². The molecular formula is C25H25N5O. The van der Waals surface area contributed by atoms with Crippen molar-refractivity contribution < 1.29 is 4.79 Å². The lowest BCUT2D eigenvalue weighted by Gasteiger charge is -2.24. The first-order valence-electron chi connectivity index (χ1n) is 10.7. The maximum Gasteiger partial charge on any atom is 0.259 e. The molecular weight excluding hydrogens is 386 g/mol. The molecule has 0 unspecified atom stereocenters. The third kappa shape index (κ3) is 3.65. The van der Waals surface area contributed by atoms with Crippen molar-refractivity contribution in [1.29, 1.82) is 0 Å². The minimum Gasteiger partial charge on any atom is -0.371 e. The predicted octanol–water partition coefficient (Wildman–Crippen LogP) is 4.27. The molecule has 5 rings (SSSR count). The highest BCUT2D eigenvalue weighted by molar-refractivity contribution is 5.99. The molecule has 1 fully saturated rings. The first-order chi connectivity index (χ1) is 15.2. The molecule has 0 bridgehead atoms.